The van der Waals surface area contributed by atoms with E-state index in [1.807, 2.05) is 0 Å². The van der Waals surface area contributed by atoms with Crippen molar-refractivity contribution in [3.63, 3.8) is 0 Å². The van der Waals surface area contributed by atoms with Gasteiger partial charge >= 0.3 is 0 Å². The second-order valence-electron chi connectivity index (χ2n) is 4.88. The maximum atomic E-state index is 12.5. The number of pyridine rings is 1. The van der Waals surface area contributed by atoms with Gasteiger partial charge in [-0.25, -0.2) is 8.42 Å². The fourth-order valence-electron chi connectivity index (χ4n) is 2.55. The lowest BCUT2D eigenvalue weighted by Crippen LogP contribution is -2.37. The van der Waals surface area contributed by atoms with Crippen molar-refractivity contribution in [3.8, 4) is 0 Å². The zero-order chi connectivity index (χ0) is 14.0. The van der Waals surface area contributed by atoms with Crippen molar-refractivity contribution in [2.75, 3.05) is 13.1 Å². The van der Waals surface area contributed by atoms with Gasteiger partial charge < -0.3 is 0 Å². The van der Waals surface area contributed by atoms with Gasteiger partial charge in [-0.05, 0) is 42.3 Å². The van der Waals surface area contributed by atoms with Crippen LogP contribution in [0.25, 0.3) is 0 Å². The van der Waals surface area contributed by atoms with Crippen LogP contribution < -0.4 is 0 Å². The first-order valence-electron chi connectivity index (χ1n) is 6.61. The topological polar surface area (TPSA) is 50.3 Å². The van der Waals surface area contributed by atoms with Crippen LogP contribution in [0, 0.1) is 0 Å². The number of thiophene rings is 1. The molecule has 0 radical (unpaired) electrons. The minimum Gasteiger partial charge on any atom is -0.263 e. The first kappa shape index (κ1) is 13.7. The summed E-state index contributed by atoms with van der Waals surface area (Å²) in [7, 11) is -3.38. The van der Waals surface area contributed by atoms with Gasteiger partial charge in [0.2, 0.25) is 10.0 Å². The van der Waals surface area contributed by atoms with Crippen LogP contribution in [0.5, 0.6) is 0 Å². The van der Waals surface area contributed by atoms with Crippen LogP contribution in [0.1, 0.15) is 23.6 Å². The molecule has 0 N–H and O–H groups in total. The van der Waals surface area contributed by atoms with Crippen molar-refractivity contribution in [1.29, 1.82) is 0 Å². The van der Waals surface area contributed by atoms with E-state index >= 15 is 0 Å². The third kappa shape index (κ3) is 2.63. The lowest BCUT2D eigenvalue weighted by atomic mass is 9.97. The summed E-state index contributed by atoms with van der Waals surface area (Å²) >= 11 is 1.76. The molecular weight excluding hydrogens is 292 g/mol. The molecule has 1 fully saturated rings. The highest BCUT2D eigenvalue weighted by atomic mass is 32.2. The van der Waals surface area contributed by atoms with Gasteiger partial charge in [-0.15, -0.1) is 11.3 Å². The molecule has 0 atom stereocenters. The average molecular weight is 308 g/mol. The fraction of sp³-hybridized carbons (Fsp3) is 0.357. The van der Waals surface area contributed by atoms with Crippen LogP contribution in [0.3, 0.4) is 0 Å². The second-order valence-corrected chi connectivity index (χ2v) is 7.80. The number of sulfonamides is 1. The summed E-state index contributed by atoms with van der Waals surface area (Å²) in [5, 5.41) is 2.08. The Bertz CT molecular complexity index is 646. The lowest BCUT2D eigenvalue weighted by molar-refractivity contribution is 0.321. The molecule has 3 heterocycles. The number of rotatable bonds is 3. The largest absolute Gasteiger partial charge is 0.263 e. The zero-order valence-corrected chi connectivity index (χ0v) is 12.6. The van der Waals surface area contributed by atoms with Crippen molar-refractivity contribution in [2.24, 2.45) is 0 Å². The SMILES string of the molecule is O=S(=O)(c1cccnc1)N1CCC(c2cccs2)CC1. The number of hydrogen-bond acceptors (Lipinski definition) is 4. The van der Waals surface area contributed by atoms with Crippen LogP contribution in [0.4, 0.5) is 0 Å². The zero-order valence-electron chi connectivity index (χ0n) is 11.0. The Labute approximate surface area is 123 Å². The number of piperidine rings is 1. The van der Waals surface area contributed by atoms with E-state index in [-0.39, 0.29) is 4.90 Å². The highest BCUT2D eigenvalue weighted by Crippen LogP contribution is 2.32. The van der Waals surface area contributed by atoms with Crippen molar-refractivity contribution in [1.82, 2.24) is 9.29 Å². The second kappa shape index (κ2) is 5.63. The quantitative estimate of drug-likeness (QED) is 0.876. The van der Waals surface area contributed by atoms with E-state index in [0.29, 0.717) is 19.0 Å². The van der Waals surface area contributed by atoms with Crippen molar-refractivity contribution >= 4 is 21.4 Å². The molecule has 2 aromatic heterocycles. The molecule has 0 aromatic carbocycles. The van der Waals surface area contributed by atoms with E-state index in [1.165, 1.54) is 11.1 Å². The normalized spacial score (nSPS) is 18.2. The van der Waals surface area contributed by atoms with Gasteiger partial charge in [-0.3, -0.25) is 4.98 Å². The van der Waals surface area contributed by atoms with Crippen molar-refractivity contribution in [2.45, 2.75) is 23.7 Å². The van der Waals surface area contributed by atoms with Gasteiger partial charge in [0.1, 0.15) is 4.90 Å². The van der Waals surface area contributed by atoms with E-state index in [4.69, 9.17) is 0 Å². The summed E-state index contributed by atoms with van der Waals surface area (Å²) in [6.45, 7) is 1.17. The van der Waals surface area contributed by atoms with E-state index in [0.717, 1.165) is 12.8 Å². The molecule has 2 aromatic rings. The molecule has 0 amide bonds. The molecule has 1 aliphatic heterocycles. The molecule has 1 aliphatic rings. The lowest BCUT2D eigenvalue weighted by Gasteiger charge is -2.30. The van der Waals surface area contributed by atoms with E-state index in [2.05, 4.69) is 22.5 Å². The summed E-state index contributed by atoms with van der Waals surface area (Å²) in [4.78, 5) is 5.55. The predicted molar refractivity (Wildman–Crippen MR) is 79.3 cm³/mol. The molecule has 0 unspecified atom stereocenters. The summed E-state index contributed by atoms with van der Waals surface area (Å²) in [6, 6.07) is 7.46. The summed E-state index contributed by atoms with van der Waals surface area (Å²) in [6.07, 6.45) is 4.78. The van der Waals surface area contributed by atoms with Gasteiger partial charge in [0.05, 0.1) is 0 Å². The Kier molecular flexibility index (Phi) is 3.87. The number of hydrogen-bond donors (Lipinski definition) is 0. The van der Waals surface area contributed by atoms with Crippen LogP contribution in [0.2, 0.25) is 0 Å². The number of aromatic nitrogens is 1. The standard InChI is InChI=1S/C14H16N2O2S2/c17-20(18,13-3-1-7-15-11-13)16-8-5-12(6-9-16)14-4-2-10-19-14/h1-4,7,10-12H,5-6,8-9H2. The predicted octanol–water partition coefficient (Wildman–Crippen LogP) is 2.71. The molecule has 20 heavy (non-hydrogen) atoms. The molecule has 0 bridgehead atoms. The Morgan fingerprint density at radius 1 is 1.20 bits per heavy atom. The fourth-order valence-corrected chi connectivity index (χ4v) is 4.89. The summed E-state index contributed by atoms with van der Waals surface area (Å²) in [5.41, 5.74) is 0. The Hall–Kier alpha value is -1.24. The molecule has 0 spiro atoms. The molecule has 106 valence electrons. The van der Waals surface area contributed by atoms with Crippen molar-refractivity contribution < 1.29 is 8.42 Å². The smallest absolute Gasteiger partial charge is 0.244 e. The maximum absolute atomic E-state index is 12.5. The van der Waals surface area contributed by atoms with E-state index in [9.17, 15) is 8.42 Å². The molecule has 3 rings (SSSR count). The molecule has 4 nitrogen and oxygen atoms in total. The van der Waals surface area contributed by atoms with Gasteiger partial charge in [-0.2, -0.15) is 4.31 Å². The molecule has 1 saturated heterocycles. The minimum atomic E-state index is -3.38. The highest BCUT2D eigenvalue weighted by Gasteiger charge is 2.30. The number of nitrogens with zero attached hydrogens (tertiary/aromatic N) is 2. The highest BCUT2D eigenvalue weighted by molar-refractivity contribution is 7.89. The third-order valence-corrected chi connectivity index (χ3v) is 6.59. The summed E-state index contributed by atoms with van der Waals surface area (Å²) < 4.78 is 26.5. The van der Waals surface area contributed by atoms with Crippen LogP contribution in [-0.2, 0) is 10.0 Å². The molecular formula is C14H16N2O2S2. The molecule has 0 saturated carbocycles. The van der Waals surface area contributed by atoms with E-state index in [1.54, 1.807) is 34.0 Å². The van der Waals surface area contributed by atoms with Gasteiger partial charge in [0, 0.05) is 30.4 Å². The van der Waals surface area contributed by atoms with Gasteiger partial charge in [0.25, 0.3) is 0 Å². The molecule has 0 aliphatic carbocycles. The van der Waals surface area contributed by atoms with Crippen LogP contribution >= 0.6 is 11.3 Å². The van der Waals surface area contributed by atoms with Crippen LogP contribution in [-0.4, -0.2) is 30.8 Å². The monoisotopic (exact) mass is 308 g/mol. The average Bonchev–Trinajstić information content (AvgIpc) is 3.02. The Morgan fingerprint density at radius 3 is 2.60 bits per heavy atom. The van der Waals surface area contributed by atoms with Gasteiger partial charge in [-0.1, -0.05) is 6.07 Å². The van der Waals surface area contributed by atoms with E-state index < -0.39 is 10.0 Å². The third-order valence-electron chi connectivity index (χ3n) is 3.67. The first-order chi connectivity index (χ1) is 9.68. The first-order valence-corrected chi connectivity index (χ1v) is 8.93. The van der Waals surface area contributed by atoms with Crippen molar-refractivity contribution in [3.05, 3.63) is 46.9 Å². The summed E-state index contributed by atoms with van der Waals surface area (Å²) in [5.74, 6) is 0.496. The maximum Gasteiger partial charge on any atom is 0.244 e. The Balaban J connectivity index is 1.72. The minimum absolute atomic E-state index is 0.287. The van der Waals surface area contributed by atoms with Gasteiger partial charge in [0.15, 0.2) is 0 Å². The van der Waals surface area contributed by atoms with Crippen LogP contribution in [0.15, 0.2) is 46.9 Å². The molecule has 6 heteroatoms. The Morgan fingerprint density at radius 2 is 2.00 bits per heavy atom.